The van der Waals surface area contributed by atoms with Crippen molar-refractivity contribution in [2.24, 2.45) is 5.92 Å². The lowest BCUT2D eigenvalue weighted by Gasteiger charge is -2.29. The van der Waals surface area contributed by atoms with Gasteiger partial charge in [-0.1, -0.05) is 99.7 Å². The van der Waals surface area contributed by atoms with Crippen molar-refractivity contribution in [3.05, 3.63) is 96.1 Å². The number of aryl methyl sites for hydroxylation is 1. The van der Waals surface area contributed by atoms with Crippen LogP contribution in [-0.4, -0.2) is 13.7 Å². The lowest BCUT2D eigenvalue weighted by molar-refractivity contribution is -0.178. The van der Waals surface area contributed by atoms with Crippen molar-refractivity contribution in [2.75, 3.05) is 13.7 Å². The van der Waals surface area contributed by atoms with Gasteiger partial charge < -0.3 is 9.62 Å². The van der Waals surface area contributed by atoms with Crippen molar-refractivity contribution >= 4 is 0 Å². The van der Waals surface area contributed by atoms with E-state index in [0.29, 0.717) is 18.3 Å². The van der Waals surface area contributed by atoms with Crippen LogP contribution in [0.5, 0.6) is 11.5 Å². The summed E-state index contributed by atoms with van der Waals surface area (Å²) in [6.07, 6.45) is 14.7. The smallest absolute Gasteiger partial charge is 0.169 e. The topological polar surface area (TPSA) is 27.7 Å². The third kappa shape index (κ3) is 9.86. The van der Waals surface area contributed by atoms with Crippen LogP contribution >= 0.6 is 0 Å². The Labute approximate surface area is 267 Å². The maximum Gasteiger partial charge on any atom is 0.169 e. The molecule has 1 saturated carbocycles. The fraction of sp³-hybridized carbons (Fsp3) is 0.463. The van der Waals surface area contributed by atoms with Gasteiger partial charge in [0.15, 0.2) is 5.75 Å². The van der Waals surface area contributed by atoms with Crippen molar-refractivity contribution < 1.29 is 14.5 Å². The van der Waals surface area contributed by atoms with Crippen LogP contribution in [0.15, 0.2) is 85.0 Å². The second-order valence-electron chi connectivity index (χ2n) is 12.8. The maximum atomic E-state index is 6.17. The summed E-state index contributed by atoms with van der Waals surface area (Å²) in [7, 11) is 1.52. The van der Waals surface area contributed by atoms with Crippen molar-refractivity contribution in [3.63, 3.8) is 0 Å². The summed E-state index contributed by atoms with van der Waals surface area (Å²) in [6.45, 7) is 15.3. The molecule has 1 aliphatic carbocycles. The predicted octanol–water partition coefficient (Wildman–Crippen LogP) is 12.1. The molecule has 3 aromatic carbocycles. The molecule has 3 aromatic rings. The Morgan fingerprint density at radius 1 is 0.773 bits per heavy atom. The molecule has 0 saturated heterocycles. The molecule has 1 fully saturated rings. The molecule has 0 unspecified atom stereocenters. The summed E-state index contributed by atoms with van der Waals surface area (Å²) in [6, 6.07) is 22.2. The number of allylic oxidation sites excluding steroid dienone is 1. The first-order chi connectivity index (χ1) is 21.4. The van der Waals surface area contributed by atoms with E-state index in [4.69, 9.17) is 14.5 Å². The molecule has 0 N–H and O–H groups in total. The first kappa shape index (κ1) is 33.6. The summed E-state index contributed by atoms with van der Waals surface area (Å²) >= 11 is 0. The molecule has 236 valence electrons. The summed E-state index contributed by atoms with van der Waals surface area (Å²) in [5, 5.41) is 0. The van der Waals surface area contributed by atoms with Crippen LogP contribution in [0.3, 0.4) is 0 Å². The molecule has 0 amide bonds. The van der Waals surface area contributed by atoms with E-state index in [-0.39, 0.29) is 0 Å². The van der Waals surface area contributed by atoms with E-state index in [1.807, 2.05) is 12.1 Å². The fourth-order valence-corrected chi connectivity index (χ4v) is 6.55. The Hall–Kier alpha value is -3.30. The molecular weight excluding hydrogens is 540 g/mol. The molecule has 0 aliphatic heterocycles. The maximum absolute atomic E-state index is 6.17. The molecule has 0 heterocycles. The number of benzene rings is 3. The second kappa shape index (κ2) is 17.3. The predicted molar refractivity (Wildman–Crippen MR) is 186 cm³/mol. The Morgan fingerprint density at radius 2 is 1.50 bits per heavy atom. The number of hydrogen-bond donors (Lipinski definition) is 0. The van der Waals surface area contributed by atoms with E-state index in [1.54, 1.807) is 0 Å². The van der Waals surface area contributed by atoms with Crippen LogP contribution in [0.4, 0.5) is 0 Å². The Bertz CT molecular complexity index is 1340. The van der Waals surface area contributed by atoms with Crippen molar-refractivity contribution in [3.8, 4) is 33.8 Å². The van der Waals surface area contributed by atoms with Gasteiger partial charge in [0.1, 0.15) is 5.75 Å². The molecule has 4 rings (SSSR count). The lowest BCUT2D eigenvalue weighted by Crippen LogP contribution is -2.13. The number of ether oxygens (including phenoxy) is 1. The van der Waals surface area contributed by atoms with Gasteiger partial charge in [0.25, 0.3) is 0 Å². The summed E-state index contributed by atoms with van der Waals surface area (Å²) in [4.78, 5) is 10.5. The average Bonchev–Trinajstić information content (AvgIpc) is 3.04. The minimum Gasteiger partial charge on any atom is -0.493 e. The molecule has 44 heavy (non-hydrogen) atoms. The molecule has 0 atom stereocenters. The zero-order valence-electron chi connectivity index (χ0n) is 27.8. The largest absolute Gasteiger partial charge is 0.493 e. The third-order valence-corrected chi connectivity index (χ3v) is 9.26. The highest BCUT2D eigenvalue weighted by atomic mass is 17.2. The van der Waals surface area contributed by atoms with Crippen LogP contribution in [0.25, 0.3) is 22.3 Å². The van der Waals surface area contributed by atoms with Crippen molar-refractivity contribution in [1.82, 2.24) is 0 Å². The van der Waals surface area contributed by atoms with Gasteiger partial charge in [-0.05, 0) is 109 Å². The third-order valence-electron chi connectivity index (χ3n) is 9.26. The van der Waals surface area contributed by atoms with Gasteiger partial charge in [0, 0.05) is 12.5 Å². The van der Waals surface area contributed by atoms with Gasteiger partial charge in [0.05, 0.1) is 13.7 Å². The lowest BCUT2D eigenvalue weighted by atomic mass is 9.77. The Kier molecular flexibility index (Phi) is 13.2. The number of rotatable bonds is 17. The highest BCUT2D eigenvalue weighted by Gasteiger charge is 2.22. The Balaban J connectivity index is 1.44. The number of unbranched alkanes of at least 4 members (excludes halogenated alkanes) is 2. The van der Waals surface area contributed by atoms with E-state index in [9.17, 15) is 0 Å². The van der Waals surface area contributed by atoms with Gasteiger partial charge in [0.2, 0.25) is 0 Å². The van der Waals surface area contributed by atoms with Crippen LogP contribution < -0.4 is 9.62 Å². The monoisotopic (exact) mass is 594 g/mol. The van der Waals surface area contributed by atoms with E-state index in [1.165, 1.54) is 97.4 Å². The Morgan fingerprint density at radius 3 is 2.18 bits per heavy atom. The number of hydrogen-bond acceptors (Lipinski definition) is 3. The SMILES string of the molecule is C=C(C)CCC(=C)CCOc1cc(OOC)cc(-c2ccc(-c3ccc(C4CCC(CCCCC)CC4)cc3)cc2CC)c1. The van der Waals surface area contributed by atoms with Gasteiger partial charge in [-0.3, -0.25) is 0 Å². The molecule has 3 heteroatoms. The zero-order chi connectivity index (χ0) is 31.3. The second-order valence-corrected chi connectivity index (χ2v) is 12.8. The van der Waals surface area contributed by atoms with Crippen LogP contribution in [0.2, 0.25) is 0 Å². The van der Waals surface area contributed by atoms with Gasteiger partial charge in [-0.2, -0.15) is 4.89 Å². The summed E-state index contributed by atoms with van der Waals surface area (Å²) in [5.74, 6) is 3.05. The van der Waals surface area contributed by atoms with Crippen molar-refractivity contribution in [1.29, 1.82) is 0 Å². The molecule has 0 bridgehead atoms. The molecule has 3 nitrogen and oxygen atoms in total. The molecular formula is C41H54O3. The van der Waals surface area contributed by atoms with Gasteiger partial charge in [-0.15, -0.1) is 6.58 Å². The van der Waals surface area contributed by atoms with Crippen LogP contribution in [0, 0.1) is 5.92 Å². The first-order valence-electron chi connectivity index (χ1n) is 16.9. The van der Waals surface area contributed by atoms with E-state index in [2.05, 4.69) is 82.5 Å². The van der Waals surface area contributed by atoms with Gasteiger partial charge >= 0.3 is 0 Å². The molecule has 1 aliphatic rings. The summed E-state index contributed by atoms with van der Waals surface area (Å²) < 4.78 is 6.17. The molecule has 0 radical (unpaired) electrons. The fourth-order valence-electron chi connectivity index (χ4n) is 6.55. The highest BCUT2D eigenvalue weighted by Crippen LogP contribution is 2.39. The van der Waals surface area contributed by atoms with Crippen LogP contribution in [0.1, 0.15) is 108 Å². The minimum absolute atomic E-state index is 0.570. The standard InChI is InChI=1S/C41H54O3/c1-7-9-10-11-32-14-16-34(17-15-32)35-18-20-36(21-19-35)37-22-23-41(33(8-2)26-37)38-27-39(29-40(28-38)44-42-6)43-25-24-31(5)13-12-30(3)4/h18-23,26-29,32,34H,3,5,7-17,24-25H2,1-2,4,6H3. The zero-order valence-corrected chi connectivity index (χ0v) is 27.8. The van der Waals surface area contributed by atoms with Crippen molar-refractivity contribution in [2.45, 2.75) is 104 Å². The highest BCUT2D eigenvalue weighted by molar-refractivity contribution is 5.75. The van der Waals surface area contributed by atoms with Gasteiger partial charge in [-0.25, -0.2) is 0 Å². The van der Waals surface area contributed by atoms with E-state index in [0.717, 1.165) is 42.9 Å². The summed E-state index contributed by atoms with van der Waals surface area (Å²) in [5.41, 5.74) is 9.93. The first-order valence-corrected chi connectivity index (χ1v) is 16.9. The average molecular weight is 595 g/mol. The quantitative estimate of drug-likeness (QED) is 0.0673. The van der Waals surface area contributed by atoms with E-state index < -0.39 is 0 Å². The minimum atomic E-state index is 0.570. The van der Waals surface area contributed by atoms with Crippen LogP contribution in [-0.2, 0) is 11.3 Å². The molecule has 0 aromatic heterocycles. The normalized spacial score (nSPS) is 16.5. The van der Waals surface area contributed by atoms with E-state index >= 15 is 0 Å². The molecule has 0 spiro atoms.